The predicted octanol–water partition coefficient (Wildman–Crippen LogP) is 2.79. The van der Waals surface area contributed by atoms with Gasteiger partial charge in [-0.2, -0.15) is 0 Å². The number of amides is 1. The Labute approximate surface area is 122 Å². The van der Waals surface area contributed by atoms with Crippen molar-refractivity contribution in [1.29, 1.82) is 0 Å². The van der Waals surface area contributed by atoms with Gasteiger partial charge in [-0.1, -0.05) is 36.6 Å². The van der Waals surface area contributed by atoms with E-state index in [0.29, 0.717) is 19.1 Å². The molecule has 0 bridgehead atoms. The first-order valence-electron chi connectivity index (χ1n) is 7.60. The van der Waals surface area contributed by atoms with E-state index in [2.05, 4.69) is 37.4 Å². The van der Waals surface area contributed by atoms with Crippen molar-refractivity contribution < 1.29 is 4.79 Å². The summed E-state index contributed by atoms with van der Waals surface area (Å²) < 4.78 is 0. The molecular formula is C17H26N2O. The zero-order chi connectivity index (χ0) is 14.5. The minimum atomic E-state index is 0.178. The fraction of sp³-hybridized carbons (Fsp3) is 0.588. The first-order valence-corrected chi connectivity index (χ1v) is 7.60. The Morgan fingerprint density at radius 2 is 2.00 bits per heavy atom. The summed E-state index contributed by atoms with van der Waals surface area (Å²) in [4.78, 5) is 14.0. The van der Waals surface area contributed by atoms with Crippen molar-refractivity contribution in [1.82, 2.24) is 10.2 Å². The predicted molar refractivity (Wildman–Crippen MR) is 82.6 cm³/mol. The van der Waals surface area contributed by atoms with E-state index in [1.807, 2.05) is 11.9 Å². The molecule has 110 valence electrons. The van der Waals surface area contributed by atoms with Crippen molar-refractivity contribution in [2.75, 3.05) is 13.6 Å². The molecule has 1 aromatic rings. The number of nitrogens with zero attached hydrogens (tertiary/aromatic N) is 1. The SMILES string of the molecule is Cc1ccc(CN(C)C(=O)CNC2CCCC2)c(C)c1. The lowest BCUT2D eigenvalue weighted by molar-refractivity contribution is -0.129. The van der Waals surface area contributed by atoms with Crippen LogP contribution < -0.4 is 5.32 Å². The molecule has 1 fully saturated rings. The molecule has 1 saturated carbocycles. The lowest BCUT2D eigenvalue weighted by Crippen LogP contribution is -2.38. The van der Waals surface area contributed by atoms with Gasteiger partial charge in [-0.25, -0.2) is 0 Å². The highest BCUT2D eigenvalue weighted by molar-refractivity contribution is 5.78. The van der Waals surface area contributed by atoms with Gasteiger partial charge in [0.2, 0.25) is 5.91 Å². The Morgan fingerprint density at radius 1 is 1.30 bits per heavy atom. The molecule has 1 N–H and O–H groups in total. The molecule has 1 aliphatic rings. The third-order valence-electron chi connectivity index (χ3n) is 4.23. The van der Waals surface area contributed by atoms with Gasteiger partial charge in [0.25, 0.3) is 0 Å². The van der Waals surface area contributed by atoms with Crippen molar-refractivity contribution in [3.63, 3.8) is 0 Å². The van der Waals surface area contributed by atoms with Gasteiger partial charge in [-0.15, -0.1) is 0 Å². The first-order chi connectivity index (χ1) is 9.56. The molecule has 1 aromatic carbocycles. The van der Waals surface area contributed by atoms with E-state index in [0.717, 1.165) is 0 Å². The summed E-state index contributed by atoms with van der Waals surface area (Å²) in [7, 11) is 1.89. The number of hydrogen-bond acceptors (Lipinski definition) is 2. The van der Waals surface area contributed by atoms with Crippen LogP contribution in [0.15, 0.2) is 18.2 Å². The average Bonchev–Trinajstić information content (AvgIpc) is 2.92. The highest BCUT2D eigenvalue weighted by atomic mass is 16.2. The number of benzene rings is 1. The molecule has 2 rings (SSSR count). The van der Waals surface area contributed by atoms with Crippen molar-refractivity contribution in [2.24, 2.45) is 0 Å². The fourth-order valence-electron chi connectivity index (χ4n) is 2.86. The van der Waals surface area contributed by atoms with Crippen LogP contribution in [0.2, 0.25) is 0 Å². The standard InChI is InChI=1S/C17H26N2O/c1-13-8-9-15(14(2)10-13)12-19(3)17(20)11-18-16-6-4-5-7-16/h8-10,16,18H,4-7,11-12H2,1-3H3. The number of hydrogen-bond donors (Lipinski definition) is 1. The Bertz CT molecular complexity index is 464. The van der Waals surface area contributed by atoms with Gasteiger partial charge in [0.1, 0.15) is 0 Å². The summed E-state index contributed by atoms with van der Waals surface area (Å²) >= 11 is 0. The summed E-state index contributed by atoms with van der Waals surface area (Å²) in [6.07, 6.45) is 5.02. The van der Waals surface area contributed by atoms with Crippen LogP contribution in [0.5, 0.6) is 0 Å². The van der Waals surface area contributed by atoms with Crippen LogP contribution >= 0.6 is 0 Å². The van der Waals surface area contributed by atoms with Crippen LogP contribution in [-0.4, -0.2) is 30.4 Å². The van der Waals surface area contributed by atoms with Gasteiger partial charge in [-0.3, -0.25) is 4.79 Å². The summed E-state index contributed by atoms with van der Waals surface area (Å²) in [6.45, 7) is 5.36. The Hall–Kier alpha value is -1.35. The molecule has 0 atom stereocenters. The molecule has 1 amide bonds. The minimum absolute atomic E-state index is 0.178. The number of aryl methyl sites for hydroxylation is 2. The van der Waals surface area contributed by atoms with Crippen molar-refractivity contribution in [3.05, 3.63) is 34.9 Å². The maximum absolute atomic E-state index is 12.1. The van der Waals surface area contributed by atoms with Gasteiger partial charge in [0.15, 0.2) is 0 Å². The largest absolute Gasteiger partial charge is 0.340 e. The minimum Gasteiger partial charge on any atom is -0.340 e. The molecule has 1 aliphatic carbocycles. The quantitative estimate of drug-likeness (QED) is 0.895. The maximum Gasteiger partial charge on any atom is 0.236 e. The maximum atomic E-state index is 12.1. The fourth-order valence-corrected chi connectivity index (χ4v) is 2.86. The number of likely N-dealkylation sites (N-methyl/N-ethyl adjacent to an activating group) is 1. The van der Waals surface area contributed by atoms with Crippen LogP contribution in [0.4, 0.5) is 0 Å². The molecule has 0 unspecified atom stereocenters. The Balaban J connectivity index is 1.83. The second kappa shape index (κ2) is 6.89. The second-order valence-electron chi connectivity index (χ2n) is 6.04. The second-order valence-corrected chi connectivity index (χ2v) is 6.04. The Kier molecular flexibility index (Phi) is 5.18. The number of rotatable bonds is 5. The molecule has 3 nitrogen and oxygen atoms in total. The third kappa shape index (κ3) is 4.07. The molecule has 0 spiro atoms. The van der Waals surface area contributed by atoms with Crippen LogP contribution in [-0.2, 0) is 11.3 Å². The summed E-state index contributed by atoms with van der Waals surface area (Å²) in [5.74, 6) is 0.178. The highest BCUT2D eigenvalue weighted by Crippen LogP contribution is 2.17. The van der Waals surface area contributed by atoms with Crippen molar-refractivity contribution in [2.45, 2.75) is 52.1 Å². The molecule has 0 radical (unpaired) electrons. The molecule has 0 heterocycles. The van der Waals surface area contributed by atoms with Crippen LogP contribution in [0.1, 0.15) is 42.4 Å². The number of carbonyl (C=O) groups excluding carboxylic acids is 1. The number of carbonyl (C=O) groups is 1. The van der Waals surface area contributed by atoms with E-state index < -0.39 is 0 Å². The smallest absolute Gasteiger partial charge is 0.236 e. The third-order valence-corrected chi connectivity index (χ3v) is 4.23. The summed E-state index contributed by atoms with van der Waals surface area (Å²) in [6, 6.07) is 6.95. The van der Waals surface area contributed by atoms with Crippen LogP contribution in [0.3, 0.4) is 0 Å². The van der Waals surface area contributed by atoms with Gasteiger partial charge in [0.05, 0.1) is 6.54 Å². The lowest BCUT2D eigenvalue weighted by Gasteiger charge is -2.20. The van der Waals surface area contributed by atoms with E-state index in [1.54, 1.807) is 0 Å². The zero-order valence-corrected chi connectivity index (χ0v) is 12.9. The van der Waals surface area contributed by atoms with Gasteiger partial charge >= 0.3 is 0 Å². The molecular weight excluding hydrogens is 248 g/mol. The van der Waals surface area contributed by atoms with Gasteiger partial charge < -0.3 is 10.2 Å². The van der Waals surface area contributed by atoms with Gasteiger partial charge in [-0.05, 0) is 37.8 Å². The van der Waals surface area contributed by atoms with E-state index in [4.69, 9.17) is 0 Å². The molecule has 3 heteroatoms. The monoisotopic (exact) mass is 274 g/mol. The van der Waals surface area contributed by atoms with Gasteiger partial charge in [0, 0.05) is 19.6 Å². The van der Waals surface area contributed by atoms with E-state index in [1.165, 1.54) is 42.4 Å². The van der Waals surface area contributed by atoms with Crippen LogP contribution in [0.25, 0.3) is 0 Å². The van der Waals surface area contributed by atoms with Crippen LogP contribution in [0, 0.1) is 13.8 Å². The topological polar surface area (TPSA) is 32.3 Å². The molecule has 20 heavy (non-hydrogen) atoms. The molecule has 0 aromatic heterocycles. The van der Waals surface area contributed by atoms with E-state index in [-0.39, 0.29) is 5.91 Å². The van der Waals surface area contributed by atoms with E-state index in [9.17, 15) is 4.79 Å². The Morgan fingerprint density at radius 3 is 2.65 bits per heavy atom. The first kappa shape index (κ1) is 15.0. The molecule has 0 saturated heterocycles. The highest BCUT2D eigenvalue weighted by Gasteiger charge is 2.17. The number of nitrogens with one attached hydrogen (secondary N) is 1. The summed E-state index contributed by atoms with van der Waals surface area (Å²) in [5.41, 5.74) is 3.75. The van der Waals surface area contributed by atoms with E-state index >= 15 is 0 Å². The zero-order valence-electron chi connectivity index (χ0n) is 12.9. The molecule has 0 aliphatic heterocycles. The average molecular weight is 274 g/mol. The normalized spacial score (nSPS) is 15.6. The summed E-state index contributed by atoms with van der Waals surface area (Å²) in [5, 5.41) is 3.38. The lowest BCUT2D eigenvalue weighted by atomic mass is 10.1. The van der Waals surface area contributed by atoms with Crippen molar-refractivity contribution >= 4 is 5.91 Å². The van der Waals surface area contributed by atoms with Crippen molar-refractivity contribution in [3.8, 4) is 0 Å².